The summed E-state index contributed by atoms with van der Waals surface area (Å²) in [7, 11) is 0. The molecule has 1 fully saturated rings. The van der Waals surface area contributed by atoms with Crippen molar-refractivity contribution in [3.05, 3.63) is 23.8 Å². The molecule has 0 bridgehead atoms. The monoisotopic (exact) mass is 248 g/mol. The first kappa shape index (κ1) is 12.4. The van der Waals surface area contributed by atoms with E-state index in [1.54, 1.807) is 18.2 Å². The van der Waals surface area contributed by atoms with Crippen molar-refractivity contribution in [1.29, 1.82) is 0 Å². The first-order valence-corrected chi connectivity index (χ1v) is 5.79. The maximum Gasteiger partial charge on any atom is 0.249 e. The summed E-state index contributed by atoms with van der Waals surface area (Å²) in [6, 6.07) is 4.90. The highest BCUT2D eigenvalue weighted by Crippen LogP contribution is 2.21. The van der Waals surface area contributed by atoms with Crippen LogP contribution in [0.25, 0.3) is 0 Å². The van der Waals surface area contributed by atoms with Crippen LogP contribution in [0.5, 0.6) is 0 Å². The van der Waals surface area contributed by atoms with Crippen LogP contribution < -0.4 is 22.1 Å². The topological polar surface area (TPSA) is 110 Å². The summed E-state index contributed by atoms with van der Waals surface area (Å²) < 4.78 is 0. The number of carbonyl (C=O) groups excluding carboxylic acids is 2. The number of imide groups is 1. The molecule has 1 saturated heterocycles. The van der Waals surface area contributed by atoms with Crippen molar-refractivity contribution >= 4 is 23.2 Å². The molecule has 2 rings (SSSR count). The number of nitrogen functional groups attached to an aromatic ring is 1. The van der Waals surface area contributed by atoms with Gasteiger partial charge in [0.05, 0.1) is 0 Å². The van der Waals surface area contributed by atoms with Crippen LogP contribution in [-0.4, -0.2) is 17.9 Å². The Morgan fingerprint density at radius 1 is 1.39 bits per heavy atom. The largest absolute Gasteiger partial charge is 0.399 e. The Labute approximate surface area is 105 Å². The van der Waals surface area contributed by atoms with Crippen LogP contribution in [-0.2, 0) is 16.1 Å². The third-order valence-electron chi connectivity index (χ3n) is 2.92. The van der Waals surface area contributed by atoms with Crippen molar-refractivity contribution in [2.45, 2.75) is 25.4 Å². The molecule has 0 aliphatic carbocycles. The molecule has 1 unspecified atom stereocenters. The molecule has 1 aliphatic heterocycles. The van der Waals surface area contributed by atoms with E-state index in [9.17, 15) is 9.59 Å². The average molecular weight is 248 g/mol. The minimum absolute atomic E-state index is 0.227. The molecule has 18 heavy (non-hydrogen) atoms. The zero-order chi connectivity index (χ0) is 13.1. The number of rotatable bonds is 3. The second kappa shape index (κ2) is 5.05. The summed E-state index contributed by atoms with van der Waals surface area (Å²) >= 11 is 0. The predicted molar refractivity (Wildman–Crippen MR) is 68.5 cm³/mol. The van der Waals surface area contributed by atoms with E-state index >= 15 is 0 Å². The fraction of sp³-hybridized carbons (Fsp3) is 0.333. The van der Waals surface area contributed by atoms with Gasteiger partial charge < -0.3 is 16.8 Å². The van der Waals surface area contributed by atoms with Crippen LogP contribution in [0.15, 0.2) is 18.2 Å². The minimum Gasteiger partial charge on any atom is -0.399 e. The lowest BCUT2D eigenvalue weighted by Gasteiger charge is -2.24. The number of piperidine rings is 1. The van der Waals surface area contributed by atoms with Gasteiger partial charge in [0.15, 0.2) is 0 Å². The summed E-state index contributed by atoms with van der Waals surface area (Å²) in [5, 5.41) is 5.40. The van der Waals surface area contributed by atoms with Crippen LogP contribution in [0.4, 0.5) is 11.4 Å². The standard InChI is InChI=1S/C12H16N4O2/c13-6-7-5-8(14)1-2-9(7)15-10-3-4-11(17)16-12(10)18/h1-2,5,10,15H,3-4,6,13-14H2,(H,16,17,18). The smallest absolute Gasteiger partial charge is 0.249 e. The van der Waals surface area contributed by atoms with E-state index in [2.05, 4.69) is 10.6 Å². The molecule has 1 aromatic carbocycles. The Hall–Kier alpha value is -2.08. The SMILES string of the molecule is NCc1cc(N)ccc1NC1CCC(=O)NC1=O. The number of amides is 2. The van der Waals surface area contributed by atoms with Gasteiger partial charge in [0.25, 0.3) is 0 Å². The van der Waals surface area contributed by atoms with Gasteiger partial charge in [-0.1, -0.05) is 0 Å². The van der Waals surface area contributed by atoms with Gasteiger partial charge in [-0.05, 0) is 30.2 Å². The zero-order valence-corrected chi connectivity index (χ0v) is 9.90. The molecule has 0 radical (unpaired) electrons. The third kappa shape index (κ3) is 2.60. The van der Waals surface area contributed by atoms with Gasteiger partial charge in [-0.25, -0.2) is 0 Å². The van der Waals surface area contributed by atoms with E-state index in [0.29, 0.717) is 25.1 Å². The molecule has 6 N–H and O–H groups in total. The molecular formula is C12H16N4O2. The van der Waals surface area contributed by atoms with Crippen LogP contribution in [0.2, 0.25) is 0 Å². The van der Waals surface area contributed by atoms with Gasteiger partial charge in [0, 0.05) is 24.3 Å². The van der Waals surface area contributed by atoms with Gasteiger partial charge in [-0.15, -0.1) is 0 Å². The Morgan fingerprint density at radius 2 is 2.17 bits per heavy atom. The molecule has 6 nitrogen and oxygen atoms in total. The van der Waals surface area contributed by atoms with E-state index in [1.807, 2.05) is 0 Å². The van der Waals surface area contributed by atoms with Gasteiger partial charge in [0.2, 0.25) is 11.8 Å². The third-order valence-corrected chi connectivity index (χ3v) is 2.92. The highest BCUT2D eigenvalue weighted by molar-refractivity contribution is 6.01. The summed E-state index contributed by atoms with van der Waals surface area (Å²) in [4.78, 5) is 22.7. The van der Waals surface area contributed by atoms with Gasteiger partial charge in [-0.3, -0.25) is 14.9 Å². The summed E-state index contributed by atoms with van der Waals surface area (Å²) in [6.45, 7) is 0.334. The lowest BCUT2D eigenvalue weighted by Crippen LogP contribution is -2.47. The molecule has 96 valence electrons. The van der Waals surface area contributed by atoms with Crippen LogP contribution in [0.1, 0.15) is 18.4 Å². The van der Waals surface area contributed by atoms with Crippen molar-refractivity contribution in [3.63, 3.8) is 0 Å². The van der Waals surface area contributed by atoms with Crippen LogP contribution in [0.3, 0.4) is 0 Å². The van der Waals surface area contributed by atoms with Gasteiger partial charge in [0.1, 0.15) is 6.04 Å². The number of nitrogens with two attached hydrogens (primary N) is 2. The number of hydrogen-bond acceptors (Lipinski definition) is 5. The van der Waals surface area contributed by atoms with Crippen molar-refractivity contribution in [1.82, 2.24) is 5.32 Å². The first-order valence-electron chi connectivity index (χ1n) is 5.79. The molecule has 0 aromatic heterocycles. The highest BCUT2D eigenvalue weighted by atomic mass is 16.2. The molecule has 1 aromatic rings. The minimum atomic E-state index is -0.406. The van der Waals surface area contributed by atoms with E-state index in [4.69, 9.17) is 11.5 Å². The molecule has 6 heteroatoms. The normalized spacial score (nSPS) is 19.5. The first-order chi connectivity index (χ1) is 8.60. The number of carbonyl (C=O) groups is 2. The Kier molecular flexibility index (Phi) is 3.47. The van der Waals surface area contributed by atoms with Crippen molar-refractivity contribution < 1.29 is 9.59 Å². The molecule has 1 atom stereocenters. The van der Waals surface area contributed by atoms with Crippen molar-refractivity contribution in [2.24, 2.45) is 5.73 Å². The van der Waals surface area contributed by atoms with E-state index in [0.717, 1.165) is 11.3 Å². The molecule has 0 spiro atoms. The molecule has 2 amide bonds. The fourth-order valence-corrected chi connectivity index (χ4v) is 1.94. The molecule has 1 heterocycles. The summed E-state index contributed by atoms with van der Waals surface area (Å²) in [5.74, 6) is -0.527. The fourth-order valence-electron chi connectivity index (χ4n) is 1.94. The Morgan fingerprint density at radius 3 is 2.83 bits per heavy atom. The summed E-state index contributed by atoms with van der Waals surface area (Å²) in [5.41, 5.74) is 13.6. The highest BCUT2D eigenvalue weighted by Gasteiger charge is 2.26. The molecule has 1 aliphatic rings. The number of anilines is 2. The maximum absolute atomic E-state index is 11.6. The number of benzene rings is 1. The van der Waals surface area contributed by atoms with E-state index < -0.39 is 6.04 Å². The zero-order valence-electron chi connectivity index (χ0n) is 9.90. The van der Waals surface area contributed by atoms with Gasteiger partial charge in [-0.2, -0.15) is 0 Å². The van der Waals surface area contributed by atoms with Crippen molar-refractivity contribution in [3.8, 4) is 0 Å². The lowest BCUT2D eigenvalue weighted by atomic mass is 10.0. The van der Waals surface area contributed by atoms with E-state index in [-0.39, 0.29) is 11.8 Å². The average Bonchev–Trinajstić information content (AvgIpc) is 2.34. The maximum atomic E-state index is 11.6. The Balaban J connectivity index is 2.14. The molecule has 0 saturated carbocycles. The quantitative estimate of drug-likeness (QED) is 0.442. The number of nitrogens with one attached hydrogen (secondary N) is 2. The van der Waals surface area contributed by atoms with Crippen LogP contribution in [0, 0.1) is 0 Å². The molecular weight excluding hydrogens is 232 g/mol. The second-order valence-corrected chi connectivity index (χ2v) is 4.27. The number of hydrogen-bond donors (Lipinski definition) is 4. The summed E-state index contributed by atoms with van der Waals surface area (Å²) in [6.07, 6.45) is 0.829. The Bertz CT molecular complexity index is 487. The van der Waals surface area contributed by atoms with Crippen LogP contribution >= 0.6 is 0 Å². The predicted octanol–water partition coefficient (Wildman–Crippen LogP) is -0.0554. The van der Waals surface area contributed by atoms with Gasteiger partial charge >= 0.3 is 0 Å². The lowest BCUT2D eigenvalue weighted by molar-refractivity contribution is -0.133. The van der Waals surface area contributed by atoms with Crippen molar-refractivity contribution in [2.75, 3.05) is 11.1 Å². The van der Waals surface area contributed by atoms with E-state index in [1.165, 1.54) is 0 Å². The second-order valence-electron chi connectivity index (χ2n) is 4.27.